The standard InChI is InChI=1S/C47H76O21/c1-42(2)13-20-19-7-8-24-43(3)11-10-26(44(4,17-49)23(43)9-12-45(24,5)46(19,6)14-25(52)47(20,18-50)37(60)36(42)59)65-41-34(67-39-30(56)27(53)21(51)16-63-39)32(58)33(35(68-41)38(61)62)66-40-31(57)29(55)28(54)22(15-48)64-40/h7,20-37,39-41,48-60H,8-18H2,1-6H3,(H,61,62)/t20?,21-,22-,23?,24?,25-,26+,27+,28-,29+,30-,31-,32+,33+,34-,35+,36+,37+,39+,40+,41-,43+,44-,45-,46-,47+/m1/s1. The SMILES string of the molecule is CC1(C)CC2C3=CCC4[C@@]5(C)CC[C@H](O[C@@H]6O[C@H](C(=O)O)[C@@H](O[C@@H]7O[C@H](CO)[C@@H](O)[C@H](O)[C@H]7O)[C@H](O)[C@H]6O[C@@H]6OC[C@@H](O)[C@H](O)[C@H]6O)[C@](C)(CO)C5CC[C@@]4(C)[C@]3(C)C[C@@H](O)[C@@]2(CO)[C@@H](O)[C@@H]1O. The van der Waals surface area contributed by atoms with E-state index in [0.717, 1.165) is 5.57 Å². The summed E-state index contributed by atoms with van der Waals surface area (Å²) in [6, 6.07) is 0. The summed E-state index contributed by atoms with van der Waals surface area (Å²) in [6.07, 6.45) is -24.6. The number of aliphatic hydroxyl groups is 13. The molecule has 21 heteroatoms. The number of ether oxygens (including phenoxy) is 6. The van der Waals surface area contributed by atoms with E-state index in [0.29, 0.717) is 38.5 Å². The van der Waals surface area contributed by atoms with E-state index in [1.54, 1.807) is 0 Å². The minimum atomic E-state index is -2.09. The maximum absolute atomic E-state index is 13.0. The predicted octanol–water partition coefficient (Wildman–Crippen LogP) is -2.77. The third-order valence-corrected chi connectivity index (χ3v) is 19.5. The van der Waals surface area contributed by atoms with Crippen LogP contribution < -0.4 is 0 Å². The number of fused-ring (bicyclic) bond motifs is 7. The van der Waals surface area contributed by atoms with E-state index in [2.05, 4.69) is 26.8 Å². The van der Waals surface area contributed by atoms with Crippen LogP contribution in [0.1, 0.15) is 86.5 Å². The molecule has 3 unspecified atom stereocenters. The molecule has 5 aliphatic carbocycles. The van der Waals surface area contributed by atoms with Gasteiger partial charge in [0.05, 0.1) is 56.3 Å². The summed E-state index contributed by atoms with van der Waals surface area (Å²) < 4.78 is 35.6. The third-order valence-electron chi connectivity index (χ3n) is 19.5. The van der Waals surface area contributed by atoms with Crippen molar-refractivity contribution < 1.29 is 105 Å². The molecule has 0 amide bonds. The minimum Gasteiger partial charge on any atom is -0.479 e. The van der Waals surface area contributed by atoms with E-state index in [1.807, 2.05) is 20.8 Å². The van der Waals surface area contributed by atoms with Gasteiger partial charge in [-0.15, -0.1) is 0 Å². The van der Waals surface area contributed by atoms with Gasteiger partial charge in [0.2, 0.25) is 0 Å². The van der Waals surface area contributed by atoms with Gasteiger partial charge in [0.1, 0.15) is 61.0 Å². The molecule has 0 aromatic heterocycles. The fourth-order valence-electron chi connectivity index (χ4n) is 15.1. The highest BCUT2D eigenvalue weighted by atomic mass is 16.8. The lowest BCUT2D eigenvalue weighted by Gasteiger charge is -2.72. The van der Waals surface area contributed by atoms with Gasteiger partial charge in [-0.25, -0.2) is 4.79 Å². The highest BCUT2D eigenvalue weighted by Gasteiger charge is 2.73. The molecule has 68 heavy (non-hydrogen) atoms. The number of aliphatic hydroxyl groups excluding tert-OH is 13. The second kappa shape index (κ2) is 18.4. The minimum absolute atomic E-state index is 0.00235. The maximum atomic E-state index is 13.0. The third kappa shape index (κ3) is 7.71. The molecule has 3 saturated heterocycles. The van der Waals surface area contributed by atoms with Crippen molar-refractivity contribution in [3.63, 3.8) is 0 Å². The summed E-state index contributed by atoms with van der Waals surface area (Å²) in [6.45, 7) is 10.1. The van der Waals surface area contributed by atoms with Crippen molar-refractivity contribution in [2.24, 2.45) is 50.2 Å². The highest BCUT2D eigenvalue weighted by Crippen LogP contribution is 2.76. The van der Waals surface area contributed by atoms with Crippen LogP contribution in [-0.4, -0.2) is 214 Å². The number of hydrogen-bond donors (Lipinski definition) is 14. The molecule has 3 aliphatic heterocycles. The largest absolute Gasteiger partial charge is 0.479 e. The number of carboxylic acids is 1. The van der Waals surface area contributed by atoms with Crippen LogP contribution in [0.4, 0.5) is 0 Å². The molecule has 8 rings (SSSR count). The van der Waals surface area contributed by atoms with Gasteiger partial charge in [-0.05, 0) is 84.4 Å². The highest BCUT2D eigenvalue weighted by molar-refractivity contribution is 5.73. The first-order valence-electron chi connectivity index (χ1n) is 24.2. The van der Waals surface area contributed by atoms with E-state index in [1.165, 1.54) is 0 Å². The molecule has 0 radical (unpaired) electrons. The first-order chi connectivity index (χ1) is 31.7. The van der Waals surface area contributed by atoms with Crippen LogP contribution in [0.5, 0.6) is 0 Å². The van der Waals surface area contributed by atoms with Gasteiger partial charge in [0.15, 0.2) is 25.0 Å². The van der Waals surface area contributed by atoms with Crippen molar-refractivity contribution in [2.45, 2.75) is 197 Å². The molecular formula is C47H76O21. The Bertz CT molecular complexity index is 1870. The molecule has 7 fully saturated rings. The molecule has 0 aromatic carbocycles. The molecule has 8 aliphatic rings. The van der Waals surface area contributed by atoms with Gasteiger partial charge in [0, 0.05) is 5.41 Å². The van der Waals surface area contributed by atoms with Gasteiger partial charge in [0.25, 0.3) is 0 Å². The van der Waals surface area contributed by atoms with Crippen LogP contribution >= 0.6 is 0 Å². The Morgan fingerprint density at radius 3 is 1.99 bits per heavy atom. The van der Waals surface area contributed by atoms with Crippen molar-refractivity contribution in [3.05, 3.63) is 11.6 Å². The topological polar surface area (TPSA) is 356 Å². The van der Waals surface area contributed by atoms with Crippen LogP contribution in [0.15, 0.2) is 11.6 Å². The van der Waals surface area contributed by atoms with Crippen molar-refractivity contribution in [2.75, 3.05) is 26.4 Å². The van der Waals surface area contributed by atoms with E-state index in [-0.39, 0.29) is 18.3 Å². The Morgan fingerprint density at radius 2 is 1.35 bits per heavy atom. The molecule has 14 N–H and O–H groups in total. The maximum Gasteiger partial charge on any atom is 0.335 e. The zero-order valence-corrected chi connectivity index (χ0v) is 39.6. The second-order valence-electron chi connectivity index (χ2n) is 23.1. The Hall–Kier alpha value is -1.55. The summed E-state index contributed by atoms with van der Waals surface area (Å²) >= 11 is 0. The number of allylic oxidation sites excluding steroid dienone is 2. The molecule has 0 bridgehead atoms. The molecule has 390 valence electrons. The number of carbonyl (C=O) groups is 1. The molecule has 21 nitrogen and oxygen atoms in total. The van der Waals surface area contributed by atoms with E-state index in [9.17, 15) is 76.3 Å². The lowest BCUT2D eigenvalue weighted by atomic mass is 9.33. The smallest absolute Gasteiger partial charge is 0.335 e. The van der Waals surface area contributed by atoms with Crippen LogP contribution in [0.2, 0.25) is 0 Å². The average Bonchev–Trinajstić information content (AvgIpc) is 3.28. The molecule has 0 spiro atoms. The summed E-state index contributed by atoms with van der Waals surface area (Å²) in [4.78, 5) is 13.0. The number of rotatable bonds is 10. The predicted molar refractivity (Wildman–Crippen MR) is 230 cm³/mol. The Kier molecular flexibility index (Phi) is 14.3. The van der Waals surface area contributed by atoms with E-state index < -0.39 is 181 Å². The lowest BCUT2D eigenvalue weighted by Crippen LogP contribution is -2.72. The summed E-state index contributed by atoms with van der Waals surface area (Å²) in [7, 11) is 0. The van der Waals surface area contributed by atoms with Gasteiger partial charge >= 0.3 is 5.97 Å². The first-order valence-corrected chi connectivity index (χ1v) is 24.2. The summed E-state index contributed by atoms with van der Waals surface area (Å²) in [5, 5.41) is 153. The van der Waals surface area contributed by atoms with Gasteiger partial charge < -0.3 is 99.9 Å². The monoisotopic (exact) mass is 976 g/mol. The molecular weight excluding hydrogens is 900 g/mol. The molecule has 4 saturated carbocycles. The molecule has 0 aromatic rings. The zero-order valence-electron chi connectivity index (χ0n) is 39.6. The van der Waals surface area contributed by atoms with Crippen LogP contribution in [0.3, 0.4) is 0 Å². The van der Waals surface area contributed by atoms with E-state index in [4.69, 9.17) is 28.4 Å². The second-order valence-corrected chi connectivity index (χ2v) is 23.1. The quantitative estimate of drug-likeness (QED) is 0.0778. The zero-order chi connectivity index (χ0) is 50.0. The van der Waals surface area contributed by atoms with Gasteiger partial charge in [-0.2, -0.15) is 0 Å². The van der Waals surface area contributed by atoms with Crippen LogP contribution in [0, 0.1) is 50.2 Å². The molecule has 3 heterocycles. The first kappa shape index (κ1) is 52.8. The van der Waals surface area contributed by atoms with Crippen molar-refractivity contribution >= 4 is 5.97 Å². The average molecular weight is 977 g/mol. The van der Waals surface area contributed by atoms with E-state index >= 15 is 0 Å². The molecule has 26 atom stereocenters. The summed E-state index contributed by atoms with van der Waals surface area (Å²) in [5.41, 5.74) is -3.48. The number of carboxylic acid groups (broad SMARTS) is 1. The van der Waals surface area contributed by atoms with Crippen molar-refractivity contribution in [1.29, 1.82) is 0 Å². The Labute approximate surface area is 395 Å². The number of hydrogen-bond acceptors (Lipinski definition) is 20. The van der Waals surface area contributed by atoms with Gasteiger partial charge in [-0.1, -0.05) is 53.2 Å². The summed E-state index contributed by atoms with van der Waals surface area (Å²) in [5.74, 6) is -2.30. The Balaban J connectivity index is 1.10. The Morgan fingerprint density at radius 1 is 0.691 bits per heavy atom. The van der Waals surface area contributed by atoms with Crippen LogP contribution in [-0.2, 0) is 33.2 Å². The number of aliphatic carboxylic acids is 1. The van der Waals surface area contributed by atoms with Crippen molar-refractivity contribution in [1.82, 2.24) is 0 Å². The van der Waals surface area contributed by atoms with Crippen LogP contribution in [0.25, 0.3) is 0 Å². The van der Waals surface area contributed by atoms with Gasteiger partial charge in [-0.3, -0.25) is 0 Å². The normalized spacial score (nSPS) is 55.8. The fourth-order valence-corrected chi connectivity index (χ4v) is 15.1. The lowest BCUT2D eigenvalue weighted by molar-refractivity contribution is -0.387. The van der Waals surface area contributed by atoms with Crippen molar-refractivity contribution in [3.8, 4) is 0 Å². The fraction of sp³-hybridized carbons (Fsp3) is 0.936.